The van der Waals surface area contributed by atoms with Gasteiger partial charge in [-0.05, 0) is 12.8 Å². The number of hydrogen-bond acceptors (Lipinski definition) is 3. The Labute approximate surface area is 174 Å². The summed E-state index contributed by atoms with van der Waals surface area (Å²) in [4.78, 5) is 0. The Kier molecular flexibility index (Phi) is 13.4. The summed E-state index contributed by atoms with van der Waals surface area (Å²) >= 11 is 0. The minimum atomic E-state index is -6.02. The zero-order valence-electron chi connectivity index (χ0n) is 12.8. The first-order valence-corrected chi connectivity index (χ1v) is 8.33. The van der Waals surface area contributed by atoms with E-state index in [1.807, 2.05) is 0 Å². The fourth-order valence-electron chi connectivity index (χ4n) is 1.86. The van der Waals surface area contributed by atoms with Gasteiger partial charge in [0.05, 0.1) is 0 Å². The van der Waals surface area contributed by atoms with E-state index in [2.05, 4.69) is 0 Å². The Morgan fingerprint density at radius 3 is 1.61 bits per heavy atom. The van der Waals surface area contributed by atoms with E-state index >= 15 is 0 Å². The van der Waals surface area contributed by atoms with E-state index in [4.69, 9.17) is 0 Å². The van der Waals surface area contributed by atoms with Crippen LogP contribution in [0.25, 0.3) is 0 Å². The predicted octanol–water partition coefficient (Wildman–Crippen LogP) is 1.54. The molecule has 11 heteroatoms. The molecule has 0 aromatic carbocycles. The second-order valence-electron chi connectivity index (χ2n) is 5.11. The standard InChI is InChI=1S/C12H20F6O3S.K/c13-10(12(17,18)22(19,20)21)8-6-4-2-1-3-5-7-9-11(14,15)16;/h10H,1-9H2,(H,19,20,21);/q;+1/p-1. The van der Waals surface area contributed by atoms with Gasteiger partial charge in [0, 0.05) is 6.42 Å². The third-order valence-corrected chi connectivity index (χ3v) is 4.04. The topological polar surface area (TPSA) is 57.2 Å². The maximum atomic E-state index is 13.0. The number of hydrogen-bond donors (Lipinski definition) is 0. The molecule has 0 bridgehead atoms. The summed E-state index contributed by atoms with van der Waals surface area (Å²) in [6.45, 7) is 0. The quantitative estimate of drug-likeness (QED) is 0.230. The van der Waals surface area contributed by atoms with Crippen molar-refractivity contribution in [2.24, 2.45) is 0 Å². The van der Waals surface area contributed by atoms with E-state index in [0.29, 0.717) is 32.1 Å². The van der Waals surface area contributed by atoms with Gasteiger partial charge in [-0.25, -0.2) is 12.8 Å². The van der Waals surface area contributed by atoms with Gasteiger partial charge in [0.1, 0.15) is 0 Å². The van der Waals surface area contributed by atoms with Gasteiger partial charge < -0.3 is 4.55 Å². The Bertz CT molecular complexity index is 414. The molecule has 0 aliphatic rings. The van der Waals surface area contributed by atoms with Crippen LogP contribution < -0.4 is 51.4 Å². The summed E-state index contributed by atoms with van der Waals surface area (Å²) in [5, 5.41) is -4.93. The van der Waals surface area contributed by atoms with E-state index in [0.717, 1.165) is 0 Å². The third kappa shape index (κ3) is 12.2. The molecule has 23 heavy (non-hydrogen) atoms. The van der Waals surface area contributed by atoms with E-state index in [9.17, 15) is 39.3 Å². The fourth-order valence-corrected chi connectivity index (χ4v) is 2.29. The number of rotatable bonds is 11. The first-order chi connectivity index (χ1) is 9.88. The summed E-state index contributed by atoms with van der Waals surface area (Å²) < 4.78 is 105. The Balaban J connectivity index is 0. The summed E-state index contributed by atoms with van der Waals surface area (Å²) in [5.41, 5.74) is 0. The Morgan fingerprint density at radius 2 is 1.22 bits per heavy atom. The van der Waals surface area contributed by atoms with Crippen LogP contribution in [0, 0.1) is 0 Å². The Morgan fingerprint density at radius 1 is 0.826 bits per heavy atom. The van der Waals surface area contributed by atoms with Crippen LogP contribution in [0.4, 0.5) is 26.3 Å². The smallest absolute Gasteiger partial charge is 0.743 e. The molecule has 134 valence electrons. The maximum absolute atomic E-state index is 13.0. The molecule has 0 rings (SSSR count). The van der Waals surface area contributed by atoms with Crippen molar-refractivity contribution < 1.29 is 90.7 Å². The van der Waals surface area contributed by atoms with Crippen LogP contribution in [-0.2, 0) is 10.1 Å². The summed E-state index contributed by atoms with van der Waals surface area (Å²) in [6.07, 6.45) is -6.37. The molecular weight excluding hydrogens is 377 g/mol. The van der Waals surface area contributed by atoms with Gasteiger partial charge in [0.15, 0.2) is 16.3 Å². The zero-order valence-corrected chi connectivity index (χ0v) is 16.8. The van der Waals surface area contributed by atoms with E-state index < -0.39 is 40.6 Å². The fraction of sp³-hybridized carbons (Fsp3) is 1.00. The molecule has 0 spiro atoms. The second-order valence-corrected chi connectivity index (χ2v) is 6.56. The van der Waals surface area contributed by atoms with Gasteiger partial charge >= 0.3 is 62.8 Å². The molecule has 1 atom stereocenters. The molecule has 0 aromatic heterocycles. The van der Waals surface area contributed by atoms with E-state index in [1.165, 1.54) is 0 Å². The molecule has 0 radical (unpaired) electrons. The van der Waals surface area contributed by atoms with Gasteiger partial charge in [-0.1, -0.05) is 38.5 Å². The minimum absolute atomic E-state index is 0. The van der Waals surface area contributed by atoms with Gasteiger partial charge in [-0.2, -0.15) is 22.0 Å². The van der Waals surface area contributed by atoms with E-state index in [1.54, 1.807) is 0 Å². The van der Waals surface area contributed by atoms with Gasteiger partial charge in [-0.3, -0.25) is 0 Å². The normalized spacial score (nSPS) is 14.4. The van der Waals surface area contributed by atoms with Crippen molar-refractivity contribution in [3.8, 4) is 0 Å². The molecule has 1 unspecified atom stereocenters. The van der Waals surface area contributed by atoms with Gasteiger partial charge in [0.25, 0.3) is 0 Å². The van der Waals surface area contributed by atoms with Crippen LogP contribution in [-0.4, -0.2) is 30.6 Å². The van der Waals surface area contributed by atoms with Crippen LogP contribution in [0.2, 0.25) is 0 Å². The van der Waals surface area contributed by atoms with Crippen LogP contribution in [0.5, 0.6) is 0 Å². The number of unbranched alkanes of at least 4 members (excludes halogenated alkanes) is 6. The second kappa shape index (κ2) is 11.7. The predicted molar refractivity (Wildman–Crippen MR) is 67.1 cm³/mol. The molecular formula is C12H19F6KO3S. The molecule has 0 saturated heterocycles. The summed E-state index contributed by atoms with van der Waals surface area (Å²) in [5.74, 6) is 0. The molecule has 0 amide bonds. The monoisotopic (exact) mass is 396 g/mol. The molecule has 0 heterocycles. The van der Waals surface area contributed by atoms with Crippen molar-refractivity contribution >= 4 is 10.1 Å². The first-order valence-electron chi connectivity index (χ1n) is 6.92. The molecule has 3 nitrogen and oxygen atoms in total. The summed E-state index contributed by atoms with van der Waals surface area (Å²) in [7, 11) is -6.02. The van der Waals surface area contributed by atoms with Crippen LogP contribution in [0.1, 0.15) is 57.8 Å². The SMILES string of the molecule is O=S(=O)([O-])C(F)(F)C(F)CCCCCCCCCC(F)(F)F.[K+]. The Hall–Kier alpha value is 1.13. The van der Waals surface area contributed by atoms with Crippen molar-refractivity contribution in [1.29, 1.82) is 0 Å². The minimum Gasteiger partial charge on any atom is -0.743 e. The molecule has 0 aromatic rings. The maximum Gasteiger partial charge on any atom is 1.00 e. The molecule has 0 fully saturated rings. The summed E-state index contributed by atoms with van der Waals surface area (Å²) in [6, 6.07) is 0. The average Bonchev–Trinajstić information content (AvgIpc) is 2.33. The van der Waals surface area contributed by atoms with Gasteiger partial charge in [0.2, 0.25) is 0 Å². The molecule has 0 saturated carbocycles. The number of halogens is 6. The van der Waals surface area contributed by atoms with Crippen molar-refractivity contribution in [3.63, 3.8) is 0 Å². The van der Waals surface area contributed by atoms with Crippen molar-refractivity contribution in [3.05, 3.63) is 0 Å². The third-order valence-electron chi connectivity index (χ3n) is 3.12. The van der Waals surface area contributed by atoms with Gasteiger partial charge in [-0.15, -0.1) is 0 Å². The van der Waals surface area contributed by atoms with Crippen LogP contribution in [0.15, 0.2) is 0 Å². The zero-order chi connectivity index (χ0) is 17.4. The first kappa shape index (κ1) is 26.4. The van der Waals surface area contributed by atoms with Crippen molar-refractivity contribution in [2.75, 3.05) is 0 Å². The number of alkyl halides is 6. The molecule has 0 aliphatic heterocycles. The van der Waals surface area contributed by atoms with E-state index in [-0.39, 0.29) is 64.2 Å². The largest absolute Gasteiger partial charge is 1.00 e. The molecule has 0 aliphatic carbocycles. The van der Waals surface area contributed by atoms with Crippen molar-refractivity contribution in [1.82, 2.24) is 0 Å². The van der Waals surface area contributed by atoms with Crippen LogP contribution in [0.3, 0.4) is 0 Å². The van der Waals surface area contributed by atoms with Crippen LogP contribution >= 0.6 is 0 Å². The molecule has 0 N–H and O–H groups in total. The van der Waals surface area contributed by atoms with Crippen molar-refractivity contribution in [2.45, 2.75) is 75.4 Å². The average molecular weight is 396 g/mol.